The molecule has 1 aromatic rings. The first-order valence-corrected chi connectivity index (χ1v) is 9.50. The van der Waals surface area contributed by atoms with E-state index in [1.165, 1.54) is 19.3 Å². The number of likely N-dealkylation sites (tertiary alicyclic amines) is 1. The fraction of sp³-hybridized carbons (Fsp3) is 0.524. The summed E-state index contributed by atoms with van der Waals surface area (Å²) in [7, 11) is 0. The van der Waals surface area contributed by atoms with Crippen molar-refractivity contribution in [3.63, 3.8) is 0 Å². The van der Waals surface area contributed by atoms with Crippen LogP contribution in [0, 0.1) is 0 Å². The van der Waals surface area contributed by atoms with Crippen molar-refractivity contribution >= 4 is 17.4 Å². The van der Waals surface area contributed by atoms with Gasteiger partial charge in [-0.25, -0.2) is 0 Å². The number of nitrogens with one attached hydrogen (secondary N) is 1. The number of nitrogens with zero attached hydrogens (tertiary/aromatic N) is 1. The van der Waals surface area contributed by atoms with Gasteiger partial charge in [0.05, 0.1) is 0 Å². The Hall–Kier alpha value is -2.10. The molecule has 1 saturated heterocycles. The SMILES string of the molecule is C/C(=C\C(=O)N1CCC[C@@H]1C(=O)NC1CCCCC1)c1ccccc1. The zero-order valence-corrected chi connectivity index (χ0v) is 15.0. The van der Waals surface area contributed by atoms with E-state index in [4.69, 9.17) is 0 Å². The number of allylic oxidation sites excluding steroid dienone is 1. The molecule has 1 aromatic carbocycles. The summed E-state index contributed by atoms with van der Waals surface area (Å²) >= 11 is 0. The third kappa shape index (κ3) is 4.50. The molecule has 1 atom stereocenters. The standard InChI is InChI=1S/C21H28N2O2/c1-16(17-9-4-2-5-10-17)15-20(24)23-14-8-13-19(23)21(25)22-18-11-6-3-7-12-18/h2,4-5,9-10,15,18-19H,3,6-8,11-14H2,1H3,(H,22,25)/b16-15+/t19-/m1/s1. The van der Waals surface area contributed by atoms with Gasteiger partial charge >= 0.3 is 0 Å². The van der Waals surface area contributed by atoms with Crippen LogP contribution in [0.4, 0.5) is 0 Å². The van der Waals surface area contributed by atoms with Gasteiger partial charge in [0.2, 0.25) is 11.8 Å². The van der Waals surface area contributed by atoms with E-state index in [1.807, 2.05) is 37.3 Å². The average Bonchev–Trinajstić information content (AvgIpc) is 3.13. The second-order valence-electron chi connectivity index (χ2n) is 7.23. The minimum absolute atomic E-state index is 0.0310. The number of carbonyl (C=O) groups excluding carboxylic acids is 2. The van der Waals surface area contributed by atoms with Crippen LogP contribution in [-0.2, 0) is 9.59 Å². The van der Waals surface area contributed by atoms with Crippen molar-refractivity contribution in [1.29, 1.82) is 0 Å². The summed E-state index contributed by atoms with van der Waals surface area (Å²) in [6.45, 7) is 2.61. The highest BCUT2D eigenvalue weighted by atomic mass is 16.2. The molecule has 2 fully saturated rings. The predicted octanol–water partition coefficient (Wildman–Crippen LogP) is 3.53. The normalized spacial score (nSPS) is 22.0. The Labute approximate surface area is 150 Å². The molecule has 1 aliphatic carbocycles. The van der Waals surface area contributed by atoms with Crippen molar-refractivity contribution < 1.29 is 9.59 Å². The topological polar surface area (TPSA) is 49.4 Å². The van der Waals surface area contributed by atoms with Gasteiger partial charge in [0.1, 0.15) is 6.04 Å². The highest BCUT2D eigenvalue weighted by molar-refractivity contribution is 5.98. The smallest absolute Gasteiger partial charge is 0.247 e. The van der Waals surface area contributed by atoms with Crippen LogP contribution in [0.2, 0.25) is 0 Å². The van der Waals surface area contributed by atoms with Crippen LogP contribution in [0.3, 0.4) is 0 Å². The first-order chi connectivity index (χ1) is 12.1. The first kappa shape index (κ1) is 17.7. The van der Waals surface area contributed by atoms with E-state index in [9.17, 15) is 9.59 Å². The van der Waals surface area contributed by atoms with Crippen molar-refractivity contribution in [3.8, 4) is 0 Å². The van der Waals surface area contributed by atoms with Gasteiger partial charge in [0.25, 0.3) is 0 Å². The fourth-order valence-corrected chi connectivity index (χ4v) is 3.90. The van der Waals surface area contributed by atoms with Crippen LogP contribution >= 0.6 is 0 Å². The van der Waals surface area contributed by atoms with Crippen LogP contribution in [0.1, 0.15) is 57.4 Å². The lowest BCUT2D eigenvalue weighted by Crippen LogP contribution is -2.48. The van der Waals surface area contributed by atoms with E-state index in [0.29, 0.717) is 12.6 Å². The van der Waals surface area contributed by atoms with Gasteiger partial charge in [-0.2, -0.15) is 0 Å². The molecule has 4 heteroatoms. The highest BCUT2D eigenvalue weighted by Gasteiger charge is 2.34. The lowest BCUT2D eigenvalue weighted by Gasteiger charge is -2.28. The monoisotopic (exact) mass is 340 g/mol. The second kappa shape index (κ2) is 8.32. The van der Waals surface area contributed by atoms with Gasteiger partial charge < -0.3 is 10.2 Å². The van der Waals surface area contributed by atoms with Crippen LogP contribution in [0.25, 0.3) is 5.57 Å². The Bertz CT molecular complexity index is 633. The zero-order chi connectivity index (χ0) is 17.6. The molecule has 4 nitrogen and oxygen atoms in total. The average molecular weight is 340 g/mol. The Morgan fingerprint density at radius 1 is 1.04 bits per heavy atom. The number of benzene rings is 1. The van der Waals surface area contributed by atoms with E-state index >= 15 is 0 Å². The lowest BCUT2D eigenvalue weighted by atomic mass is 9.95. The molecule has 134 valence electrons. The number of carbonyl (C=O) groups is 2. The Kier molecular flexibility index (Phi) is 5.90. The summed E-state index contributed by atoms with van der Waals surface area (Å²) in [5, 5.41) is 3.18. The van der Waals surface area contributed by atoms with Crippen molar-refractivity contribution in [3.05, 3.63) is 42.0 Å². The summed E-state index contributed by atoms with van der Waals surface area (Å²) in [6, 6.07) is 9.87. The third-order valence-electron chi connectivity index (χ3n) is 5.36. The molecule has 0 radical (unpaired) electrons. The van der Waals surface area contributed by atoms with Gasteiger partial charge in [-0.3, -0.25) is 9.59 Å². The first-order valence-electron chi connectivity index (χ1n) is 9.50. The third-order valence-corrected chi connectivity index (χ3v) is 5.36. The van der Waals surface area contributed by atoms with Gasteiger partial charge in [0.15, 0.2) is 0 Å². The molecule has 0 bridgehead atoms. The van der Waals surface area contributed by atoms with Crippen molar-refractivity contribution in [2.75, 3.05) is 6.54 Å². The fourth-order valence-electron chi connectivity index (χ4n) is 3.90. The minimum Gasteiger partial charge on any atom is -0.352 e. The van der Waals surface area contributed by atoms with E-state index in [1.54, 1.807) is 11.0 Å². The largest absolute Gasteiger partial charge is 0.352 e. The molecule has 0 spiro atoms. The molecule has 0 aromatic heterocycles. The van der Waals surface area contributed by atoms with Gasteiger partial charge in [-0.05, 0) is 43.7 Å². The maximum absolute atomic E-state index is 12.7. The predicted molar refractivity (Wildman–Crippen MR) is 99.8 cm³/mol. The summed E-state index contributed by atoms with van der Waals surface area (Å²) in [4.78, 5) is 27.1. The van der Waals surface area contributed by atoms with E-state index < -0.39 is 0 Å². The Balaban J connectivity index is 1.64. The van der Waals surface area contributed by atoms with Crippen LogP contribution < -0.4 is 5.32 Å². The molecule has 2 amide bonds. The van der Waals surface area contributed by atoms with Crippen LogP contribution in [-0.4, -0.2) is 35.3 Å². The van der Waals surface area contributed by atoms with E-state index in [2.05, 4.69) is 5.32 Å². The number of hydrogen-bond acceptors (Lipinski definition) is 2. The molecule has 0 unspecified atom stereocenters. The van der Waals surface area contributed by atoms with Crippen molar-refractivity contribution in [2.45, 2.75) is 64.0 Å². The summed E-state index contributed by atoms with van der Waals surface area (Å²) in [6.07, 6.45) is 9.12. The highest BCUT2D eigenvalue weighted by Crippen LogP contribution is 2.22. The molecule has 25 heavy (non-hydrogen) atoms. The minimum atomic E-state index is -0.311. The number of hydrogen-bond donors (Lipinski definition) is 1. The van der Waals surface area contributed by atoms with E-state index in [-0.39, 0.29) is 17.9 Å². The number of amides is 2. The van der Waals surface area contributed by atoms with Gasteiger partial charge in [-0.15, -0.1) is 0 Å². The number of rotatable bonds is 4. The molecule has 3 rings (SSSR count). The van der Waals surface area contributed by atoms with Crippen LogP contribution in [0.5, 0.6) is 0 Å². The van der Waals surface area contributed by atoms with Crippen molar-refractivity contribution in [1.82, 2.24) is 10.2 Å². The zero-order valence-electron chi connectivity index (χ0n) is 15.0. The molecule has 1 N–H and O–H groups in total. The second-order valence-corrected chi connectivity index (χ2v) is 7.23. The molecular formula is C21H28N2O2. The summed E-state index contributed by atoms with van der Waals surface area (Å²) < 4.78 is 0. The molecular weight excluding hydrogens is 312 g/mol. The quantitative estimate of drug-likeness (QED) is 0.853. The van der Waals surface area contributed by atoms with Gasteiger partial charge in [-0.1, -0.05) is 49.6 Å². The Morgan fingerprint density at radius 3 is 2.48 bits per heavy atom. The molecule has 2 aliphatic rings. The lowest BCUT2D eigenvalue weighted by molar-refractivity contribution is -0.135. The van der Waals surface area contributed by atoms with Crippen molar-refractivity contribution in [2.24, 2.45) is 0 Å². The summed E-state index contributed by atoms with van der Waals surface area (Å²) in [5.74, 6) is -0.0221. The van der Waals surface area contributed by atoms with E-state index in [0.717, 1.165) is 36.8 Å². The Morgan fingerprint density at radius 2 is 1.76 bits per heavy atom. The maximum Gasteiger partial charge on any atom is 0.247 e. The molecule has 1 aliphatic heterocycles. The van der Waals surface area contributed by atoms with Gasteiger partial charge in [0, 0.05) is 18.7 Å². The molecule has 1 saturated carbocycles. The summed E-state index contributed by atoms with van der Waals surface area (Å²) in [5.41, 5.74) is 1.97. The molecule has 1 heterocycles. The maximum atomic E-state index is 12.7. The van der Waals surface area contributed by atoms with Crippen LogP contribution in [0.15, 0.2) is 36.4 Å².